The maximum Gasteiger partial charge on any atom is 0.361 e. The minimum atomic E-state index is -0.510. The minimum absolute atomic E-state index is 0.0885. The van der Waals surface area contributed by atoms with Crippen LogP contribution in [0.5, 0.6) is 0 Å². The lowest BCUT2D eigenvalue weighted by atomic mass is 10.1. The number of ether oxygens (including phenoxy) is 3. The minimum Gasteiger partial charge on any atom is -0.465 e. The predicted octanol–water partition coefficient (Wildman–Crippen LogP) is 2.13. The highest BCUT2D eigenvalue weighted by Gasteiger charge is 2.30. The van der Waals surface area contributed by atoms with Crippen molar-refractivity contribution in [1.82, 2.24) is 9.78 Å². The molecule has 1 aliphatic rings. The van der Waals surface area contributed by atoms with Crippen LogP contribution < -0.4 is 4.90 Å². The highest BCUT2D eigenvalue weighted by Crippen LogP contribution is 2.35. The van der Waals surface area contributed by atoms with Crippen LogP contribution in [0.3, 0.4) is 0 Å². The largest absolute Gasteiger partial charge is 0.465 e. The first-order valence-electron chi connectivity index (χ1n) is 9.47. The molecule has 0 unspecified atom stereocenters. The lowest BCUT2D eigenvalue weighted by Gasteiger charge is -2.29. The second-order valence-electron chi connectivity index (χ2n) is 6.19. The van der Waals surface area contributed by atoms with Crippen LogP contribution >= 0.6 is 0 Å². The summed E-state index contributed by atoms with van der Waals surface area (Å²) in [5.74, 6) is -0.921. The molecular weight excluding hydrogens is 362 g/mol. The zero-order valence-corrected chi connectivity index (χ0v) is 16.2. The number of carbonyl (C=O) groups is 2. The molecule has 1 saturated heterocycles. The summed E-state index contributed by atoms with van der Waals surface area (Å²) >= 11 is 0. The Morgan fingerprint density at radius 2 is 1.75 bits per heavy atom. The quantitative estimate of drug-likeness (QED) is 0.673. The molecule has 28 heavy (non-hydrogen) atoms. The Bertz CT molecular complexity index is 813. The molecule has 150 valence electrons. The molecule has 0 amide bonds. The van der Waals surface area contributed by atoms with Gasteiger partial charge in [0.05, 0.1) is 37.8 Å². The average molecular weight is 387 g/mol. The SMILES string of the molecule is CCOC(=O)Cn1nc(C(=O)OCC)c(N2CCOCC2)c1-c1ccccc1. The van der Waals surface area contributed by atoms with Gasteiger partial charge in [0, 0.05) is 18.7 Å². The highest BCUT2D eigenvalue weighted by molar-refractivity contribution is 5.98. The zero-order valence-electron chi connectivity index (χ0n) is 16.2. The van der Waals surface area contributed by atoms with Gasteiger partial charge in [-0.2, -0.15) is 5.10 Å². The number of nitrogens with zero attached hydrogens (tertiary/aromatic N) is 3. The summed E-state index contributed by atoms with van der Waals surface area (Å²) in [5, 5.41) is 4.46. The smallest absolute Gasteiger partial charge is 0.361 e. The van der Waals surface area contributed by atoms with Gasteiger partial charge in [0.25, 0.3) is 0 Å². The molecule has 1 aliphatic heterocycles. The molecule has 8 nitrogen and oxygen atoms in total. The average Bonchev–Trinajstić information content (AvgIpc) is 3.09. The van der Waals surface area contributed by atoms with Gasteiger partial charge in [-0.15, -0.1) is 0 Å². The van der Waals surface area contributed by atoms with E-state index in [0.717, 1.165) is 5.56 Å². The maximum absolute atomic E-state index is 12.6. The molecule has 0 saturated carbocycles. The van der Waals surface area contributed by atoms with Crippen LogP contribution in [0.25, 0.3) is 11.3 Å². The molecule has 0 bridgehead atoms. The van der Waals surface area contributed by atoms with Crippen LogP contribution in [0.4, 0.5) is 5.69 Å². The number of benzene rings is 1. The van der Waals surface area contributed by atoms with Gasteiger partial charge in [-0.05, 0) is 13.8 Å². The van der Waals surface area contributed by atoms with Crippen molar-refractivity contribution in [3.63, 3.8) is 0 Å². The fourth-order valence-electron chi connectivity index (χ4n) is 3.20. The second-order valence-corrected chi connectivity index (χ2v) is 6.19. The molecule has 2 heterocycles. The first kappa shape index (κ1) is 19.9. The molecule has 0 aliphatic carbocycles. The third-order valence-electron chi connectivity index (χ3n) is 4.35. The van der Waals surface area contributed by atoms with E-state index in [1.165, 1.54) is 4.68 Å². The van der Waals surface area contributed by atoms with E-state index >= 15 is 0 Å². The Labute approximate surface area is 164 Å². The van der Waals surface area contributed by atoms with E-state index in [9.17, 15) is 9.59 Å². The van der Waals surface area contributed by atoms with E-state index < -0.39 is 11.9 Å². The van der Waals surface area contributed by atoms with Crippen molar-refractivity contribution in [3.8, 4) is 11.3 Å². The Hall–Kier alpha value is -2.87. The lowest BCUT2D eigenvalue weighted by Crippen LogP contribution is -2.37. The Morgan fingerprint density at radius 3 is 2.39 bits per heavy atom. The van der Waals surface area contributed by atoms with Crippen LogP contribution in [-0.2, 0) is 25.5 Å². The highest BCUT2D eigenvalue weighted by atomic mass is 16.5. The molecule has 1 aromatic carbocycles. The number of carbonyl (C=O) groups excluding carboxylic acids is 2. The third kappa shape index (κ3) is 4.33. The van der Waals surface area contributed by atoms with E-state index in [-0.39, 0.29) is 25.5 Å². The van der Waals surface area contributed by atoms with Crippen molar-refractivity contribution in [2.75, 3.05) is 44.4 Å². The first-order valence-corrected chi connectivity index (χ1v) is 9.47. The lowest BCUT2D eigenvalue weighted by molar-refractivity contribution is -0.144. The molecule has 0 atom stereocenters. The number of esters is 2. The van der Waals surface area contributed by atoms with Gasteiger partial charge in [0.2, 0.25) is 0 Å². The van der Waals surface area contributed by atoms with Gasteiger partial charge >= 0.3 is 11.9 Å². The number of rotatable bonds is 7. The fourth-order valence-corrected chi connectivity index (χ4v) is 3.20. The van der Waals surface area contributed by atoms with Crippen molar-refractivity contribution in [2.45, 2.75) is 20.4 Å². The molecule has 0 radical (unpaired) electrons. The van der Waals surface area contributed by atoms with Crippen molar-refractivity contribution < 1.29 is 23.8 Å². The van der Waals surface area contributed by atoms with Crippen LogP contribution in [0.15, 0.2) is 30.3 Å². The van der Waals surface area contributed by atoms with Crippen LogP contribution in [0.1, 0.15) is 24.3 Å². The van der Waals surface area contributed by atoms with Gasteiger partial charge in [0.15, 0.2) is 5.69 Å². The number of morpholine rings is 1. The summed E-state index contributed by atoms with van der Waals surface area (Å²) in [4.78, 5) is 26.9. The van der Waals surface area contributed by atoms with Crippen molar-refractivity contribution >= 4 is 17.6 Å². The second kappa shape index (κ2) is 9.36. The Balaban J connectivity index is 2.15. The molecule has 3 rings (SSSR count). The van der Waals surface area contributed by atoms with Crippen molar-refractivity contribution in [1.29, 1.82) is 0 Å². The van der Waals surface area contributed by atoms with Crippen molar-refractivity contribution in [2.24, 2.45) is 0 Å². The van der Waals surface area contributed by atoms with Gasteiger partial charge in [-0.25, -0.2) is 4.79 Å². The van der Waals surface area contributed by atoms with Crippen molar-refractivity contribution in [3.05, 3.63) is 36.0 Å². The van der Waals surface area contributed by atoms with Gasteiger partial charge < -0.3 is 19.1 Å². The first-order chi connectivity index (χ1) is 13.7. The number of hydrogen-bond acceptors (Lipinski definition) is 7. The van der Waals surface area contributed by atoms with Gasteiger partial charge in [-0.1, -0.05) is 30.3 Å². The molecule has 0 spiro atoms. The van der Waals surface area contributed by atoms with Crippen LogP contribution in [-0.4, -0.2) is 61.2 Å². The van der Waals surface area contributed by atoms with Gasteiger partial charge in [-0.3, -0.25) is 9.48 Å². The Morgan fingerprint density at radius 1 is 1.07 bits per heavy atom. The van der Waals surface area contributed by atoms with Crippen LogP contribution in [0.2, 0.25) is 0 Å². The summed E-state index contributed by atoms with van der Waals surface area (Å²) in [6, 6.07) is 9.58. The summed E-state index contributed by atoms with van der Waals surface area (Å²) < 4.78 is 17.3. The maximum atomic E-state index is 12.6. The number of aromatic nitrogens is 2. The van der Waals surface area contributed by atoms with E-state index in [1.807, 2.05) is 30.3 Å². The predicted molar refractivity (Wildman–Crippen MR) is 103 cm³/mol. The zero-order chi connectivity index (χ0) is 19.9. The molecule has 2 aromatic rings. The summed E-state index contributed by atoms with van der Waals surface area (Å²) in [5.41, 5.74) is 2.42. The van der Waals surface area contributed by atoms with E-state index in [4.69, 9.17) is 14.2 Å². The Kier molecular flexibility index (Phi) is 6.65. The summed E-state index contributed by atoms with van der Waals surface area (Å²) in [7, 11) is 0. The summed E-state index contributed by atoms with van der Waals surface area (Å²) in [6.45, 7) is 6.29. The van der Waals surface area contributed by atoms with Gasteiger partial charge in [0.1, 0.15) is 6.54 Å². The van der Waals surface area contributed by atoms with E-state index in [1.54, 1.807) is 13.8 Å². The number of anilines is 1. The summed E-state index contributed by atoms with van der Waals surface area (Å²) in [6.07, 6.45) is 0. The fraction of sp³-hybridized carbons (Fsp3) is 0.450. The molecule has 8 heteroatoms. The monoisotopic (exact) mass is 387 g/mol. The number of hydrogen-bond donors (Lipinski definition) is 0. The standard InChI is InChI=1S/C20H25N3O5/c1-3-27-16(24)14-23-18(15-8-6-5-7-9-15)19(22-10-12-26-13-11-22)17(21-23)20(25)28-4-2/h5-9H,3-4,10-14H2,1-2H3. The third-order valence-corrected chi connectivity index (χ3v) is 4.35. The molecule has 1 fully saturated rings. The van der Waals surface area contributed by atoms with E-state index in [0.29, 0.717) is 37.7 Å². The molecule has 1 aromatic heterocycles. The molecule has 0 N–H and O–H groups in total. The molecular formula is C20H25N3O5. The van der Waals surface area contributed by atoms with E-state index in [2.05, 4.69) is 10.00 Å². The van der Waals surface area contributed by atoms with Crippen LogP contribution in [0, 0.1) is 0 Å². The normalized spacial score (nSPS) is 14.0. The topological polar surface area (TPSA) is 82.9 Å².